The summed E-state index contributed by atoms with van der Waals surface area (Å²) in [5.74, 6) is 0.922. The van der Waals surface area contributed by atoms with Crippen LogP contribution >= 0.6 is 35.7 Å². The Kier molecular flexibility index (Phi) is 4.24. The molecule has 4 heteroatoms. The normalized spacial score (nSPS) is 13.6. The highest BCUT2D eigenvalue weighted by atomic mass is 32.2. The molecule has 0 unspecified atom stereocenters. The first-order valence-electron chi connectivity index (χ1n) is 6.30. The molecule has 0 aromatic heterocycles. The largest absolute Gasteiger partial charge is 0.205 e. The van der Waals surface area contributed by atoms with Crippen molar-refractivity contribution in [3.63, 3.8) is 0 Å². The highest BCUT2D eigenvalue weighted by molar-refractivity contribution is 8.23. The lowest BCUT2D eigenvalue weighted by molar-refractivity contribution is -0.411. The standard InChI is InChI=1S/C16H14NS3/c1-19-16(18)14-9-5-6-12-10-17(11-20-15(12)14)13-7-3-2-4-8-13/h2-10H,11H2,1H3/q+1. The number of thiocarbonyl (C=S) groups is 1. The Morgan fingerprint density at radius 3 is 2.70 bits per heavy atom. The number of fused-ring (bicyclic) bond motifs is 1. The predicted molar refractivity (Wildman–Crippen MR) is 93.9 cm³/mol. The minimum absolute atomic E-state index is 0.922. The van der Waals surface area contributed by atoms with Crippen molar-refractivity contribution in [3.05, 3.63) is 59.7 Å². The second kappa shape index (κ2) is 6.12. The smallest absolute Gasteiger partial charge is 0.188 e. The Morgan fingerprint density at radius 2 is 1.95 bits per heavy atom. The van der Waals surface area contributed by atoms with Gasteiger partial charge in [-0.2, -0.15) is 4.58 Å². The zero-order valence-electron chi connectivity index (χ0n) is 11.1. The average Bonchev–Trinajstić information content (AvgIpc) is 2.54. The van der Waals surface area contributed by atoms with Crippen molar-refractivity contribution in [1.82, 2.24) is 0 Å². The molecule has 1 nitrogen and oxygen atoms in total. The SMILES string of the molecule is CSC(=S)c1cccc2c1SC[N+](c1ccccc1)=C2. The van der Waals surface area contributed by atoms with Crippen LogP contribution in [0.4, 0.5) is 5.69 Å². The van der Waals surface area contributed by atoms with E-state index in [9.17, 15) is 0 Å². The van der Waals surface area contributed by atoms with Gasteiger partial charge in [-0.25, -0.2) is 0 Å². The summed E-state index contributed by atoms with van der Waals surface area (Å²) >= 11 is 8.95. The van der Waals surface area contributed by atoms with E-state index >= 15 is 0 Å². The highest BCUT2D eigenvalue weighted by Crippen LogP contribution is 2.33. The molecule has 1 heterocycles. The van der Waals surface area contributed by atoms with E-state index in [4.69, 9.17) is 12.2 Å². The maximum Gasteiger partial charge on any atom is 0.205 e. The third-order valence-electron chi connectivity index (χ3n) is 3.18. The Bertz CT molecular complexity index is 677. The van der Waals surface area contributed by atoms with Crippen LogP contribution in [-0.4, -0.2) is 27.1 Å². The van der Waals surface area contributed by atoms with Gasteiger partial charge in [-0.15, -0.1) is 11.8 Å². The fourth-order valence-corrected chi connectivity index (χ4v) is 3.99. The van der Waals surface area contributed by atoms with Gasteiger partial charge in [0.1, 0.15) is 0 Å². The van der Waals surface area contributed by atoms with Crippen molar-refractivity contribution in [2.45, 2.75) is 4.90 Å². The molecule has 0 N–H and O–H groups in total. The van der Waals surface area contributed by atoms with Crippen LogP contribution < -0.4 is 0 Å². The molecule has 20 heavy (non-hydrogen) atoms. The predicted octanol–water partition coefficient (Wildman–Crippen LogP) is 4.55. The van der Waals surface area contributed by atoms with Crippen molar-refractivity contribution in [1.29, 1.82) is 0 Å². The van der Waals surface area contributed by atoms with Gasteiger partial charge in [-0.05, 0) is 12.3 Å². The van der Waals surface area contributed by atoms with Gasteiger partial charge in [0.2, 0.25) is 5.69 Å². The summed E-state index contributed by atoms with van der Waals surface area (Å²) in [5.41, 5.74) is 3.67. The molecular formula is C16H14NS3+. The second-order valence-electron chi connectivity index (χ2n) is 4.42. The molecule has 0 saturated carbocycles. The molecule has 0 fully saturated rings. The summed E-state index contributed by atoms with van der Waals surface area (Å²) in [6, 6.07) is 16.8. The van der Waals surface area contributed by atoms with E-state index in [1.54, 1.807) is 11.8 Å². The van der Waals surface area contributed by atoms with Crippen molar-refractivity contribution >= 4 is 51.8 Å². The first-order valence-corrected chi connectivity index (χ1v) is 8.92. The summed E-state index contributed by atoms with van der Waals surface area (Å²) in [6.07, 6.45) is 4.25. The van der Waals surface area contributed by atoms with Gasteiger partial charge >= 0.3 is 0 Å². The molecule has 1 aliphatic heterocycles. The van der Waals surface area contributed by atoms with Gasteiger partial charge < -0.3 is 0 Å². The Hall–Kier alpha value is -1.10. The quantitative estimate of drug-likeness (QED) is 0.591. The number of nitrogens with zero attached hydrogens (tertiary/aromatic N) is 1. The van der Waals surface area contributed by atoms with Crippen LogP contribution in [-0.2, 0) is 0 Å². The van der Waals surface area contributed by atoms with Crippen LogP contribution in [0.25, 0.3) is 0 Å². The summed E-state index contributed by atoms with van der Waals surface area (Å²) in [6.45, 7) is 0. The van der Waals surface area contributed by atoms with E-state index in [-0.39, 0.29) is 0 Å². The van der Waals surface area contributed by atoms with E-state index in [0.29, 0.717) is 0 Å². The molecule has 0 aliphatic carbocycles. The Labute approximate surface area is 133 Å². The van der Waals surface area contributed by atoms with E-state index in [1.807, 2.05) is 24.1 Å². The van der Waals surface area contributed by atoms with Gasteiger partial charge in [0.15, 0.2) is 12.1 Å². The van der Waals surface area contributed by atoms with Crippen LogP contribution in [0.1, 0.15) is 11.1 Å². The van der Waals surface area contributed by atoms with E-state index in [1.165, 1.54) is 21.7 Å². The number of rotatable bonds is 2. The third-order valence-corrected chi connectivity index (χ3v) is 5.64. The van der Waals surface area contributed by atoms with E-state index in [2.05, 4.69) is 53.3 Å². The molecule has 0 amide bonds. The lowest BCUT2D eigenvalue weighted by atomic mass is 10.1. The maximum atomic E-state index is 5.45. The van der Waals surface area contributed by atoms with Crippen molar-refractivity contribution in [2.75, 3.05) is 12.1 Å². The molecular weight excluding hydrogens is 302 g/mol. The Morgan fingerprint density at radius 1 is 1.15 bits per heavy atom. The van der Waals surface area contributed by atoms with E-state index < -0.39 is 0 Å². The summed E-state index contributed by atoms with van der Waals surface area (Å²) in [5, 5.41) is 0. The van der Waals surface area contributed by atoms with Gasteiger partial charge in [-0.1, -0.05) is 54.3 Å². The lowest BCUT2D eigenvalue weighted by Gasteiger charge is -2.15. The van der Waals surface area contributed by atoms with Gasteiger partial charge in [0, 0.05) is 22.6 Å². The molecule has 100 valence electrons. The van der Waals surface area contributed by atoms with Gasteiger partial charge in [-0.3, -0.25) is 0 Å². The number of para-hydroxylation sites is 1. The van der Waals surface area contributed by atoms with Crippen LogP contribution in [0.3, 0.4) is 0 Å². The Balaban J connectivity index is 2.04. The molecule has 0 bridgehead atoms. The number of thioether (sulfide) groups is 2. The minimum Gasteiger partial charge on any atom is -0.188 e. The number of benzene rings is 2. The van der Waals surface area contributed by atoms with Crippen molar-refractivity contribution in [3.8, 4) is 0 Å². The second-order valence-corrected chi connectivity index (χ2v) is 6.86. The topological polar surface area (TPSA) is 3.01 Å². The molecule has 1 aliphatic rings. The summed E-state index contributed by atoms with van der Waals surface area (Å²) in [7, 11) is 0. The lowest BCUT2D eigenvalue weighted by Crippen LogP contribution is -2.14. The molecule has 0 atom stereocenters. The van der Waals surface area contributed by atoms with Crippen LogP contribution in [0.2, 0.25) is 0 Å². The molecule has 0 spiro atoms. The van der Waals surface area contributed by atoms with Crippen LogP contribution in [0.15, 0.2) is 53.4 Å². The molecule has 2 aromatic carbocycles. The van der Waals surface area contributed by atoms with Crippen LogP contribution in [0, 0.1) is 0 Å². The maximum absolute atomic E-state index is 5.45. The van der Waals surface area contributed by atoms with Crippen molar-refractivity contribution < 1.29 is 4.58 Å². The summed E-state index contributed by atoms with van der Waals surface area (Å²) in [4.78, 5) is 1.30. The van der Waals surface area contributed by atoms with E-state index in [0.717, 1.165) is 10.1 Å². The number of hydrogen-bond acceptors (Lipinski definition) is 3. The third kappa shape index (κ3) is 2.68. The fraction of sp³-hybridized carbons (Fsp3) is 0.125. The number of hydrogen-bond donors (Lipinski definition) is 0. The summed E-state index contributed by atoms with van der Waals surface area (Å²) < 4.78 is 3.25. The molecule has 3 rings (SSSR count). The molecule has 0 radical (unpaired) electrons. The zero-order valence-corrected chi connectivity index (χ0v) is 13.5. The highest BCUT2D eigenvalue weighted by Gasteiger charge is 2.21. The fourth-order valence-electron chi connectivity index (χ4n) is 2.20. The first kappa shape index (κ1) is 13.9. The molecule has 0 saturated heterocycles. The van der Waals surface area contributed by atoms with Crippen molar-refractivity contribution in [2.24, 2.45) is 0 Å². The minimum atomic E-state index is 0.922. The van der Waals surface area contributed by atoms with Gasteiger partial charge in [0.25, 0.3) is 0 Å². The average molecular weight is 316 g/mol. The molecule has 2 aromatic rings. The van der Waals surface area contributed by atoms with Crippen LogP contribution in [0.5, 0.6) is 0 Å². The monoisotopic (exact) mass is 316 g/mol. The zero-order chi connectivity index (χ0) is 13.9. The first-order chi connectivity index (χ1) is 9.79. The van der Waals surface area contributed by atoms with Gasteiger partial charge in [0.05, 0.1) is 9.76 Å².